The highest BCUT2D eigenvalue weighted by Crippen LogP contribution is 2.31. The first kappa shape index (κ1) is 3.53. The van der Waals surface area contributed by atoms with E-state index in [0.29, 0.717) is 0 Å². The zero-order chi connectivity index (χ0) is 4.69. The largest absolute Gasteiger partial charge is 0.130 e. The average Bonchev–Trinajstić information content (AvgIpc) is 1.85. The molecule has 0 atom stereocenters. The summed E-state index contributed by atoms with van der Waals surface area (Å²) in [5, 5.41) is 0. The fraction of sp³-hybridized carbons (Fsp3) is 0.333. The standard InChI is InChI=1S/C6H7B/c1-2-6-4-7-3-5(1)6/h1-2,7H,3-4H2. The van der Waals surface area contributed by atoms with Crippen LogP contribution in [0.2, 0.25) is 12.6 Å². The monoisotopic (exact) mass is 90.1 g/mol. The summed E-state index contributed by atoms with van der Waals surface area (Å²) in [6.45, 7) is 0. The van der Waals surface area contributed by atoms with Crippen molar-refractivity contribution < 1.29 is 0 Å². The third-order valence-electron chi connectivity index (χ3n) is 1.79. The Morgan fingerprint density at radius 1 is 1.14 bits per heavy atom. The van der Waals surface area contributed by atoms with Crippen molar-refractivity contribution in [2.45, 2.75) is 12.6 Å². The molecule has 0 radical (unpaired) electrons. The van der Waals surface area contributed by atoms with Gasteiger partial charge in [0.1, 0.15) is 7.28 Å². The van der Waals surface area contributed by atoms with E-state index in [1.54, 1.807) is 11.1 Å². The molecule has 2 aliphatic rings. The average molecular weight is 89.9 g/mol. The van der Waals surface area contributed by atoms with Gasteiger partial charge >= 0.3 is 0 Å². The molecule has 0 aromatic rings. The molecule has 34 valence electrons. The highest BCUT2D eigenvalue weighted by atomic mass is 14.1. The summed E-state index contributed by atoms with van der Waals surface area (Å²) < 4.78 is 0. The predicted octanol–water partition coefficient (Wildman–Crippen LogP) is 1.14. The molecule has 0 aromatic carbocycles. The van der Waals surface area contributed by atoms with Crippen LogP contribution in [0.25, 0.3) is 0 Å². The van der Waals surface area contributed by atoms with Gasteiger partial charge in [-0.2, -0.15) is 0 Å². The van der Waals surface area contributed by atoms with Crippen LogP contribution in [0.1, 0.15) is 0 Å². The minimum atomic E-state index is 1.35. The molecule has 1 heteroatoms. The highest BCUT2D eigenvalue weighted by molar-refractivity contribution is 6.40. The molecule has 7 heavy (non-hydrogen) atoms. The second-order valence-electron chi connectivity index (χ2n) is 2.24. The minimum absolute atomic E-state index is 1.35. The molecule has 0 spiro atoms. The maximum absolute atomic E-state index is 2.24. The summed E-state index contributed by atoms with van der Waals surface area (Å²) in [4.78, 5) is 0. The molecule has 0 saturated carbocycles. The van der Waals surface area contributed by atoms with E-state index >= 15 is 0 Å². The Labute approximate surface area is 44.2 Å². The van der Waals surface area contributed by atoms with E-state index in [0.717, 1.165) is 0 Å². The van der Waals surface area contributed by atoms with Crippen LogP contribution in [-0.4, -0.2) is 7.28 Å². The smallest absolute Gasteiger partial charge is 0.0593 e. The van der Waals surface area contributed by atoms with Crippen LogP contribution >= 0.6 is 0 Å². The molecule has 0 aromatic heterocycles. The van der Waals surface area contributed by atoms with Gasteiger partial charge in [0, 0.05) is 0 Å². The topological polar surface area (TPSA) is 0 Å². The molecule has 0 saturated heterocycles. The summed E-state index contributed by atoms with van der Waals surface area (Å²) in [5.74, 6) is 0. The Hall–Kier alpha value is -0.455. The predicted molar refractivity (Wildman–Crippen MR) is 32.9 cm³/mol. The number of hydrogen-bond acceptors (Lipinski definition) is 0. The molecular formula is C6H7B. The zero-order valence-electron chi connectivity index (χ0n) is 4.28. The van der Waals surface area contributed by atoms with Crippen molar-refractivity contribution in [2.75, 3.05) is 0 Å². The number of rotatable bonds is 0. The van der Waals surface area contributed by atoms with Crippen LogP contribution in [0.4, 0.5) is 0 Å². The lowest BCUT2D eigenvalue weighted by molar-refractivity contribution is 1.36. The lowest BCUT2D eigenvalue weighted by Crippen LogP contribution is -1.83. The second-order valence-corrected chi connectivity index (χ2v) is 2.24. The lowest BCUT2D eigenvalue weighted by Gasteiger charge is -2.04. The van der Waals surface area contributed by atoms with Crippen LogP contribution < -0.4 is 0 Å². The normalized spacial score (nSPS) is 24.0. The van der Waals surface area contributed by atoms with Crippen LogP contribution in [-0.2, 0) is 0 Å². The molecule has 1 aliphatic heterocycles. The van der Waals surface area contributed by atoms with Crippen molar-refractivity contribution >= 4 is 7.28 Å². The summed E-state index contributed by atoms with van der Waals surface area (Å²) in [7, 11) is 1.40. The van der Waals surface area contributed by atoms with E-state index in [-0.39, 0.29) is 0 Å². The van der Waals surface area contributed by atoms with Crippen molar-refractivity contribution in [3.05, 3.63) is 23.3 Å². The lowest BCUT2D eigenvalue weighted by atomic mass is 9.75. The number of allylic oxidation sites excluding steroid dienone is 4. The molecule has 0 bridgehead atoms. The molecule has 0 unspecified atom stereocenters. The SMILES string of the molecule is B1CC2=C(C=C2)C1. The van der Waals surface area contributed by atoms with Crippen molar-refractivity contribution in [1.82, 2.24) is 0 Å². The van der Waals surface area contributed by atoms with Gasteiger partial charge < -0.3 is 0 Å². The van der Waals surface area contributed by atoms with Crippen LogP contribution in [0.3, 0.4) is 0 Å². The van der Waals surface area contributed by atoms with Gasteiger partial charge in [0.25, 0.3) is 0 Å². The molecular weight excluding hydrogens is 82.9 g/mol. The van der Waals surface area contributed by atoms with E-state index in [1.807, 2.05) is 0 Å². The van der Waals surface area contributed by atoms with Gasteiger partial charge in [0.05, 0.1) is 0 Å². The second kappa shape index (κ2) is 1.03. The van der Waals surface area contributed by atoms with Crippen molar-refractivity contribution in [3.63, 3.8) is 0 Å². The Morgan fingerprint density at radius 2 is 1.71 bits per heavy atom. The van der Waals surface area contributed by atoms with Gasteiger partial charge in [-0.05, 0) is 0 Å². The third kappa shape index (κ3) is 0.329. The van der Waals surface area contributed by atoms with Gasteiger partial charge in [0.15, 0.2) is 0 Å². The van der Waals surface area contributed by atoms with Gasteiger partial charge in [0.2, 0.25) is 0 Å². The molecule has 1 heterocycles. The van der Waals surface area contributed by atoms with Crippen LogP contribution in [0.5, 0.6) is 0 Å². The van der Waals surface area contributed by atoms with Gasteiger partial charge in [-0.15, -0.1) is 0 Å². The maximum atomic E-state index is 2.24. The van der Waals surface area contributed by atoms with Gasteiger partial charge in [-0.3, -0.25) is 0 Å². The third-order valence-corrected chi connectivity index (χ3v) is 1.79. The molecule has 1 aliphatic carbocycles. The molecule has 0 amide bonds. The molecule has 0 nitrogen and oxygen atoms in total. The van der Waals surface area contributed by atoms with E-state index < -0.39 is 0 Å². The fourth-order valence-electron chi connectivity index (χ4n) is 1.28. The minimum Gasteiger partial charge on any atom is -0.0593 e. The molecule has 0 fully saturated rings. The van der Waals surface area contributed by atoms with E-state index in [1.165, 1.54) is 19.9 Å². The maximum Gasteiger partial charge on any atom is 0.130 e. The number of hydrogen-bond donors (Lipinski definition) is 0. The van der Waals surface area contributed by atoms with Crippen molar-refractivity contribution in [2.24, 2.45) is 0 Å². The summed E-state index contributed by atoms with van der Waals surface area (Å²) in [5.41, 5.74) is 3.25. The van der Waals surface area contributed by atoms with E-state index in [9.17, 15) is 0 Å². The van der Waals surface area contributed by atoms with Crippen molar-refractivity contribution in [1.29, 1.82) is 0 Å². The summed E-state index contributed by atoms with van der Waals surface area (Å²) in [6.07, 6.45) is 7.18. The summed E-state index contributed by atoms with van der Waals surface area (Å²) in [6, 6.07) is 0. The van der Waals surface area contributed by atoms with Gasteiger partial charge in [-0.25, -0.2) is 0 Å². The fourth-order valence-corrected chi connectivity index (χ4v) is 1.28. The molecule has 0 N–H and O–H groups in total. The van der Waals surface area contributed by atoms with Gasteiger partial charge in [-0.1, -0.05) is 35.9 Å². The Balaban J connectivity index is 2.31. The summed E-state index contributed by atoms with van der Waals surface area (Å²) >= 11 is 0. The Morgan fingerprint density at radius 3 is 2.00 bits per heavy atom. The van der Waals surface area contributed by atoms with E-state index in [4.69, 9.17) is 0 Å². The van der Waals surface area contributed by atoms with Crippen LogP contribution in [0, 0.1) is 0 Å². The first-order valence-corrected chi connectivity index (χ1v) is 2.87. The quantitative estimate of drug-likeness (QED) is 0.391. The molecule has 2 rings (SSSR count). The zero-order valence-corrected chi connectivity index (χ0v) is 4.28. The first-order chi connectivity index (χ1) is 3.47. The Bertz CT molecular complexity index is 138. The van der Waals surface area contributed by atoms with Crippen molar-refractivity contribution in [3.8, 4) is 0 Å². The Kier molecular flexibility index (Phi) is 0.520. The van der Waals surface area contributed by atoms with E-state index in [2.05, 4.69) is 12.2 Å². The first-order valence-electron chi connectivity index (χ1n) is 2.87. The highest BCUT2D eigenvalue weighted by Gasteiger charge is 2.15. The van der Waals surface area contributed by atoms with Crippen LogP contribution in [0.15, 0.2) is 23.3 Å².